The maximum Gasteiger partial charge on any atom is 0.191 e. The fourth-order valence-electron chi connectivity index (χ4n) is 2.30. The van der Waals surface area contributed by atoms with Crippen LogP contribution in [0.2, 0.25) is 0 Å². The molecule has 3 nitrogen and oxygen atoms in total. The second-order valence-electron chi connectivity index (χ2n) is 5.22. The smallest absolute Gasteiger partial charge is 0.191 e. The van der Waals surface area contributed by atoms with Crippen LogP contribution in [-0.2, 0) is 0 Å². The number of guanidine groups is 1. The molecule has 0 aromatic rings. The van der Waals surface area contributed by atoms with E-state index in [1.807, 2.05) is 0 Å². The van der Waals surface area contributed by atoms with Gasteiger partial charge in [0.2, 0.25) is 0 Å². The molecular formula is C13H27N3. The molecule has 1 rings (SSSR count). The molecule has 0 radical (unpaired) electrons. The lowest BCUT2D eigenvalue weighted by atomic mass is 9.99. The fourth-order valence-corrected chi connectivity index (χ4v) is 2.30. The van der Waals surface area contributed by atoms with E-state index in [-0.39, 0.29) is 0 Å². The zero-order valence-corrected chi connectivity index (χ0v) is 11.1. The minimum atomic E-state index is 0.591. The van der Waals surface area contributed by atoms with Crippen LogP contribution < -0.4 is 5.73 Å². The molecule has 1 aliphatic rings. The number of piperidine rings is 1. The van der Waals surface area contributed by atoms with Crippen molar-refractivity contribution in [3.05, 3.63) is 0 Å². The molecular weight excluding hydrogens is 198 g/mol. The molecule has 1 unspecified atom stereocenters. The van der Waals surface area contributed by atoms with Crippen LogP contribution in [0.1, 0.15) is 52.9 Å². The van der Waals surface area contributed by atoms with E-state index >= 15 is 0 Å². The summed E-state index contributed by atoms with van der Waals surface area (Å²) in [6, 6.07) is 0.634. The predicted octanol–water partition coefficient (Wildman–Crippen LogP) is 2.61. The maximum atomic E-state index is 6.09. The lowest BCUT2D eigenvalue weighted by Gasteiger charge is -2.36. The zero-order chi connectivity index (χ0) is 12.0. The van der Waals surface area contributed by atoms with Gasteiger partial charge in [-0.15, -0.1) is 0 Å². The Morgan fingerprint density at radius 3 is 2.81 bits per heavy atom. The first-order chi connectivity index (χ1) is 7.65. The predicted molar refractivity (Wildman–Crippen MR) is 70.6 cm³/mol. The molecule has 3 heteroatoms. The lowest BCUT2D eigenvalue weighted by molar-refractivity contribution is 0.225. The van der Waals surface area contributed by atoms with Gasteiger partial charge in [-0.25, -0.2) is 0 Å². The molecule has 1 aliphatic heterocycles. The van der Waals surface area contributed by atoms with Gasteiger partial charge in [-0.05, 0) is 31.6 Å². The Kier molecular flexibility index (Phi) is 5.64. The molecule has 1 heterocycles. The average Bonchev–Trinajstić information content (AvgIpc) is 2.27. The third-order valence-corrected chi connectivity index (χ3v) is 3.16. The van der Waals surface area contributed by atoms with E-state index in [1.54, 1.807) is 0 Å². The number of rotatable bonds is 4. The van der Waals surface area contributed by atoms with E-state index in [0.717, 1.165) is 19.0 Å². The Bertz CT molecular complexity index is 221. The summed E-state index contributed by atoms with van der Waals surface area (Å²) in [5, 5.41) is 0. The van der Waals surface area contributed by atoms with Crippen molar-refractivity contribution < 1.29 is 0 Å². The van der Waals surface area contributed by atoms with E-state index < -0.39 is 0 Å². The number of hydrogen-bond donors (Lipinski definition) is 1. The van der Waals surface area contributed by atoms with Gasteiger partial charge in [0.05, 0.1) is 0 Å². The van der Waals surface area contributed by atoms with Gasteiger partial charge in [-0.2, -0.15) is 0 Å². The highest BCUT2D eigenvalue weighted by atomic mass is 15.3. The number of nitrogens with zero attached hydrogens (tertiary/aromatic N) is 2. The summed E-state index contributed by atoms with van der Waals surface area (Å²) in [7, 11) is 0. The summed E-state index contributed by atoms with van der Waals surface area (Å²) in [4.78, 5) is 6.83. The summed E-state index contributed by atoms with van der Waals surface area (Å²) in [5.74, 6) is 1.36. The van der Waals surface area contributed by atoms with Crippen molar-refractivity contribution in [1.82, 2.24) is 4.90 Å². The molecule has 94 valence electrons. The van der Waals surface area contributed by atoms with Gasteiger partial charge in [0.15, 0.2) is 5.96 Å². The Morgan fingerprint density at radius 1 is 1.44 bits per heavy atom. The average molecular weight is 225 g/mol. The van der Waals surface area contributed by atoms with Gasteiger partial charge in [0, 0.05) is 19.1 Å². The van der Waals surface area contributed by atoms with E-state index in [9.17, 15) is 0 Å². The van der Waals surface area contributed by atoms with Crippen LogP contribution in [0, 0.1) is 5.92 Å². The Morgan fingerprint density at radius 2 is 2.19 bits per heavy atom. The fraction of sp³-hybridized carbons (Fsp3) is 0.923. The molecule has 0 spiro atoms. The molecule has 16 heavy (non-hydrogen) atoms. The van der Waals surface area contributed by atoms with Crippen LogP contribution in [-0.4, -0.2) is 30.0 Å². The van der Waals surface area contributed by atoms with Crippen molar-refractivity contribution >= 4 is 5.96 Å². The van der Waals surface area contributed by atoms with Gasteiger partial charge in [-0.3, -0.25) is 4.99 Å². The van der Waals surface area contributed by atoms with E-state index in [4.69, 9.17) is 5.73 Å². The normalized spacial score (nSPS) is 22.9. The highest BCUT2D eigenvalue weighted by Gasteiger charge is 2.22. The monoisotopic (exact) mass is 225 g/mol. The second-order valence-corrected chi connectivity index (χ2v) is 5.22. The van der Waals surface area contributed by atoms with Crippen molar-refractivity contribution in [3.63, 3.8) is 0 Å². The number of hydrogen-bond acceptors (Lipinski definition) is 1. The van der Waals surface area contributed by atoms with Gasteiger partial charge in [-0.1, -0.05) is 27.2 Å². The van der Waals surface area contributed by atoms with Gasteiger partial charge < -0.3 is 10.6 Å². The second kappa shape index (κ2) is 6.77. The van der Waals surface area contributed by atoms with Gasteiger partial charge in [0.1, 0.15) is 0 Å². The Hall–Kier alpha value is -0.730. The van der Waals surface area contributed by atoms with Crippen LogP contribution in [0.15, 0.2) is 4.99 Å². The summed E-state index contributed by atoms with van der Waals surface area (Å²) in [5.41, 5.74) is 6.09. The summed E-state index contributed by atoms with van der Waals surface area (Å²) < 4.78 is 0. The van der Waals surface area contributed by atoms with Crippen LogP contribution in [0.3, 0.4) is 0 Å². The largest absolute Gasteiger partial charge is 0.370 e. The van der Waals surface area contributed by atoms with Crippen molar-refractivity contribution in [3.8, 4) is 0 Å². The van der Waals surface area contributed by atoms with Crippen molar-refractivity contribution in [2.24, 2.45) is 16.6 Å². The maximum absolute atomic E-state index is 6.09. The first-order valence-corrected chi connectivity index (χ1v) is 6.71. The van der Waals surface area contributed by atoms with Crippen molar-refractivity contribution in [2.45, 2.75) is 58.9 Å². The molecule has 1 saturated heterocycles. The van der Waals surface area contributed by atoms with Crippen molar-refractivity contribution in [2.75, 3.05) is 13.1 Å². The Balaban J connectivity index is 2.56. The molecule has 0 aromatic carbocycles. The standard InChI is InChI=1S/C13H27N3/c1-4-7-12-8-5-6-9-16(12)13(14)15-10-11(2)3/h11-12H,4-10H2,1-3H3,(H2,14,15). The SMILES string of the molecule is CCCC1CCCCN1C(N)=NCC(C)C. The van der Waals surface area contributed by atoms with Gasteiger partial charge in [0.25, 0.3) is 0 Å². The highest BCUT2D eigenvalue weighted by molar-refractivity contribution is 5.78. The summed E-state index contributed by atoms with van der Waals surface area (Å²) in [6.45, 7) is 8.54. The third-order valence-electron chi connectivity index (χ3n) is 3.16. The highest BCUT2D eigenvalue weighted by Crippen LogP contribution is 2.20. The van der Waals surface area contributed by atoms with Crippen LogP contribution in [0.25, 0.3) is 0 Å². The van der Waals surface area contributed by atoms with Crippen LogP contribution in [0.4, 0.5) is 0 Å². The van der Waals surface area contributed by atoms with E-state index in [1.165, 1.54) is 32.1 Å². The van der Waals surface area contributed by atoms with Crippen LogP contribution >= 0.6 is 0 Å². The summed E-state index contributed by atoms with van der Waals surface area (Å²) in [6.07, 6.45) is 6.37. The number of likely N-dealkylation sites (tertiary alicyclic amines) is 1. The van der Waals surface area contributed by atoms with E-state index in [2.05, 4.69) is 30.7 Å². The molecule has 0 aromatic heterocycles. The molecule has 1 atom stereocenters. The molecule has 1 fully saturated rings. The minimum absolute atomic E-state index is 0.591. The van der Waals surface area contributed by atoms with Crippen LogP contribution in [0.5, 0.6) is 0 Å². The molecule has 2 N–H and O–H groups in total. The number of nitrogens with two attached hydrogens (primary N) is 1. The molecule has 0 saturated carbocycles. The molecule has 0 amide bonds. The lowest BCUT2D eigenvalue weighted by Crippen LogP contribution is -2.47. The van der Waals surface area contributed by atoms with Gasteiger partial charge >= 0.3 is 0 Å². The first-order valence-electron chi connectivity index (χ1n) is 6.71. The van der Waals surface area contributed by atoms with Crippen molar-refractivity contribution in [1.29, 1.82) is 0 Å². The number of aliphatic imine (C=N–C) groups is 1. The quantitative estimate of drug-likeness (QED) is 0.590. The topological polar surface area (TPSA) is 41.6 Å². The Labute approximate surface area is 100 Å². The summed E-state index contributed by atoms with van der Waals surface area (Å²) >= 11 is 0. The minimum Gasteiger partial charge on any atom is -0.370 e. The van der Waals surface area contributed by atoms with E-state index in [0.29, 0.717) is 12.0 Å². The molecule has 0 bridgehead atoms. The first kappa shape index (κ1) is 13.3. The zero-order valence-electron chi connectivity index (χ0n) is 11.1. The molecule has 0 aliphatic carbocycles. The third kappa shape index (κ3) is 4.03.